The van der Waals surface area contributed by atoms with E-state index in [4.69, 9.17) is 8.83 Å². The molecule has 0 aliphatic carbocycles. The number of aromatic nitrogens is 1. The third kappa shape index (κ3) is 3.11. The second kappa shape index (κ2) is 6.52. The summed E-state index contributed by atoms with van der Waals surface area (Å²) in [5, 5.41) is 2.81. The fourth-order valence-corrected chi connectivity index (χ4v) is 2.76. The Morgan fingerprint density at radius 2 is 1.96 bits per heavy atom. The second-order valence-corrected chi connectivity index (χ2v) is 6.41. The molecule has 4 rings (SSSR count). The van der Waals surface area contributed by atoms with Crippen molar-refractivity contribution in [2.75, 3.05) is 5.32 Å². The van der Waals surface area contributed by atoms with Gasteiger partial charge in [-0.3, -0.25) is 4.79 Å². The molecule has 0 saturated carbocycles. The van der Waals surface area contributed by atoms with Crippen molar-refractivity contribution in [3.05, 3.63) is 72.2 Å². The Kier molecular flexibility index (Phi) is 4.05. The molecule has 0 unspecified atom stereocenters. The van der Waals surface area contributed by atoms with Crippen LogP contribution < -0.4 is 5.32 Å². The maximum atomic E-state index is 12.1. The topological polar surface area (TPSA) is 68.3 Å². The van der Waals surface area contributed by atoms with Crippen LogP contribution in [0.4, 0.5) is 5.69 Å². The number of nitrogens with zero attached hydrogens (tertiary/aromatic N) is 1. The molecule has 0 spiro atoms. The first-order valence-electron chi connectivity index (χ1n) is 8.46. The third-order valence-electron chi connectivity index (χ3n) is 4.19. The summed E-state index contributed by atoms with van der Waals surface area (Å²) in [5.74, 6) is 0.916. The van der Waals surface area contributed by atoms with Crippen molar-refractivity contribution in [1.82, 2.24) is 4.98 Å². The maximum absolute atomic E-state index is 12.1. The van der Waals surface area contributed by atoms with Crippen LogP contribution >= 0.6 is 0 Å². The van der Waals surface area contributed by atoms with Crippen molar-refractivity contribution in [1.29, 1.82) is 0 Å². The highest BCUT2D eigenvalue weighted by Crippen LogP contribution is 2.28. The molecule has 0 atom stereocenters. The Labute approximate surface area is 150 Å². The minimum Gasteiger partial charge on any atom is -0.459 e. The van der Waals surface area contributed by atoms with Crippen molar-refractivity contribution < 1.29 is 13.6 Å². The largest absolute Gasteiger partial charge is 0.459 e. The molecule has 0 bridgehead atoms. The zero-order valence-electron chi connectivity index (χ0n) is 14.5. The first-order valence-corrected chi connectivity index (χ1v) is 8.46. The minimum absolute atomic E-state index is 0.262. The SMILES string of the molecule is CC(C)c1ccc2oc(-c3cccc(NC(=O)c4ccco4)c3)nc2c1. The quantitative estimate of drug-likeness (QED) is 0.532. The van der Waals surface area contributed by atoms with E-state index in [0.717, 1.165) is 16.7 Å². The predicted molar refractivity (Wildman–Crippen MR) is 100 cm³/mol. The molecule has 0 fully saturated rings. The first-order chi connectivity index (χ1) is 12.6. The zero-order valence-corrected chi connectivity index (χ0v) is 14.5. The fourth-order valence-electron chi connectivity index (χ4n) is 2.76. The molecule has 0 radical (unpaired) electrons. The number of rotatable bonds is 4. The normalized spacial score (nSPS) is 11.2. The lowest BCUT2D eigenvalue weighted by Gasteiger charge is -2.04. The van der Waals surface area contributed by atoms with Crippen LogP contribution in [0.5, 0.6) is 0 Å². The summed E-state index contributed by atoms with van der Waals surface area (Å²) >= 11 is 0. The lowest BCUT2D eigenvalue weighted by atomic mass is 10.0. The van der Waals surface area contributed by atoms with Gasteiger partial charge in [-0.25, -0.2) is 4.98 Å². The number of hydrogen-bond acceptors (Lipinski definition) is 4. The van der Waals surface area contributed by atoms with E-state index in [1.165, 1.54) is 11.8 Å². The number of anilines is 1. The van der Waals surface area contributed by atoms with Crippen molar-refractivity contribution >= 4 is 22.7 Å². The van der Waals surface area contributed by atoms with Gasteiger partial charge in [0.25, 0.3) is 5.91 Å². The van der Waals surface area contributed by atoms with E-state index in [2.05, 4.69) is 36.3 Å². The molecule has 4 aromatic rings. The molecule has 0 saturated heterocycles. The summed E-state index contributed by atoms with van der Waals surface area (Å²) in [4.78, 5) is 16.7. The van der Waals surface area contributed by atoms with Gasteiger partial charge in [0.05, 0.1) is 6.26 Å². The molecule has 5 heteroatoms. The van der Waals surface area contributed by atoms with Gasteiger partial charge in [0.2, 0.25) is 5.89 Å². The van der Waals surface area contributed by atoms with Crippen molar-refractivity contribution in [3.8, 4) is 11.5 Å². The van der Waals surface area contributed by atoms with Crippen LogP contribution in [0.25, 0.3) is 22.6 Å². The van der Waals surface area contributed by atoms with Gasteiger partial charge in [-0.15, -0.1) is 0 Å². The van der Waals surface area contributed by atoms with Crippen LogP contribution in [0.2, 0.25) is 0 Å². The summed E-state index contributed by atoms with van der Waals surface area (Å²) in [7, 11) is 0. The Morgan fingerprint density at radius 1 is 1.08 bits per heavy atom. The van der Waals surface area contributed by atoms with E-state index < -0.39 is 0 Å². The van der Waals surface area contributed by atoms with Gasteiger partial charge in [-0.05, 0) is 53.9 Å². The van der Waals surface area contributed by atoms with Gasteiger partial charge < -0.3 is 14.2 Å². The van der Waals surface area contributed by atoms with Gasteiger partial charge in [0.1, 0.15) is 5.52 Å². The van der Waals surface area contributed by atoms with E-state index in [0.29, 0.717) is 17.5 Å². The van der Waals surface area contributed by atoms with Gasteiger partial charge in [0.15, 0.2) is 11.3 Å². The van der Waals surface area contributed by atoms with Crippen LogP contribution in [0.3, 0.4) is 0 Å². The summed E-state index contributed by atoms with van der Waals surface area (Å²) in [6, 6.07) is 16.7. The van der Waals surface area contributed by atoms with E-state index in [1.807, 2.05) is 30.3 Å². The predicted octanol–water partition coefficient (Wildman–Crippen LogP) is 5.46. The standard InChI is InChI=1S/C21H18N2O3/c1-13(2)14-8-9-18-17(12-14)23-21(26-18)15-5-3-6-16(11-15)22-20(24)19-7-4-10-25-19/h3-13H,1-2H3,(H,22,24). The number of carbonyl (C=O) groups excluding carboxylic acids is 1. The smallest absolute Gasteiger partial charge is 0.291 e. The fraction of sp³-hybridized carbons (Fsp3) is 0.143. The highest BCUT2D eigenvalue weighted by molar-refractivity contribution is 6.02. The Hall–Kier alpha value is -3.34. The molecule has 2 aromatic heterocycles. The van der Waals surface area contributed by atoms with Crippen LogP contribution in [0.1, 0.15) is 35.9 Å². The van der Waals surface area contributed by atoms with Gasteiger partial charge in [-0.2, -0.15) is 0 Å². The van der Waals surface area contributed by atoms with E-state index in [1.54, 1.807) is 12.1 Å². The third-order valence-corrected chi connectivity index (χ3v) is 4.19. The van der Waals surface area contributed by atoms with Gasteiger partial charge in [-0.1, -0.05) is 26.0 Å². The number of carbonyl (C=O) groups is 1. The number of oxazole rings is 1. The molecule has 1 N–H and O–H groups in total. The van der Waals surface area contributed by atoms with Gasteiger partial charge in [0, 0.05) is 11.3 Å². The summed E-state index contributed by atoms with van der Waals surface area (Å²) in [6.07, 6.45) is 1.47. The van der Waals surface area contributed by atoms with Crippen LogP contribution in [-0.4, -0.2) is 10.9 Å². The Balaban J connectivity index is 1.63. The van der Waals surface area contributed by atoms with E-state index in [9.17, 15) is 4.79 Å². The first kappa shape index (κ1) is 16.1. The Morgan fingerprint density at radius 3 is 2.73 bits per heavy atom. The van der Waals surface area contributed by atoms with Crippen LogP contribution in [0, 0.1) is 0 Å². The highest BCUT2D eigenvalue weighted by atomic mass is 16.3. The van der Waals surface area contributed by atoms with E-state index in [-0.39, 0.29) is 11.7 Å². The number of fused-ring (bicyclic) bond motifs is 1. The molecule has 130 valence electrons. The number of nitrogens with one attached hydrogen (secondary N) is 1. The molecular formula is C21H18N2O3. The molecule has 26 heavy (non-hydrogen) atoms. The molecule has 2 aromatic carbocycles. The number of hydrogen-bond donors (Lipinski definition) is 1. The number of furan rings is 1. The Bertz CT molecular complexity index is 1060. The highest BCUT2D eigenvalue weighted by Gasteiger charge is 2.12. The van der Waals surface area contributed by atoms with Crippen LogP contribution in [-0.2, 0) is 0 Å². The molecule has 5 nitrogen and oxygen atoms in total. The molecule has 0 aliphatic rings. The molecule has 1 amide bonds. The second-order valence-electron chi connectivity index (χ2n) is 6.41. The lowest BCUT2D eigenvalue weighted by molar-refractivity contribution is 0.0996. The van der Waals surface area contributed by atoms with Crippen molar-refractivity contribution in [3.63, 3.8) is 0 Å². The number of amides is 1. The van der Waals surface area contributed by atoms with Gasteiger partial charge >= 0.3 is 0 Å². The summed E-state index contributed by atoms with van der Waals surface area (Å²) in [5.41, 5.74) is 4.24. The number of benzene rings is 2. The maximum Gasteiger partial charge on any atom is 0.291 e. The summed E-state index contributed by atoms with van der Waals surface area (Å²) < 4.78 is 11.0. The molecule has 2 heterocycles. The van der Waals surface area contributed by atoms with Crippen molar-refractivity contribution in [2.45, 2.75) is 19.8 Å². The van der Waals surface area contributed by atoms with Crippen LogP contribution in [0.15, 0.2) is 69.7 Å². The molecular weight excluding hydrogens is 328 g/mol. The van der Waals surface area contributed by atoms with Crippen molar-refractivity contribution in [2.24, 2.45) is 0 Å². The monoisotopic (exact) mass is 346 g/mol. The van der Waals surface area contributed by atoms with E-state index >= 15 is 0 Å². The lowest BCUT2D eigenvalue weighted by Crippen LogP contribution is -2.10. The zero-order chi connectivity index (χ0) is 18.1. The molecule has 0 aliphatic heterocycles. The average molecular weight is 346 g/mol. The average Bonchev–Trinajstić information content (AvgIpc) is 3.31. The summed E-state index contributed by atoms with van der Waals surface area (Å²) in [6.45, 7) is 4.29. The minimum atomic E-state index is -0.300.